The minimum atomic E-state index is -4.23. The van der Waals surface area contributed by atoms with Crippen molar-refractivity contribution in [2.45, 2.75) is 57.6 Å². The van der Waals surface area contributed by atoms with Crippen LogP contribution in [-0.4, -0.2) is 43.8 Å². The monoisotopic (exact) mass is 589 g/mol. The number of anilines is 1. The molecular formula is C29H33Cl2N3O4S. The van der Waals surface area contributed by atoms with Gasteiger partial charge >= 0.3 is 0 Å². The zero-order valence-electron chi connectivity index (χ0n) is 22.4. The maximum atomic E-state index is 14.0. The summed E-state index contributed by atoms with van der Waals surface area (Å²) in [5, 5.41) is 3.03. The molecule has 0 bridgehead atoms. The summed E-state index contributed by atoms with van der Waals surface area (Å²) in [5.74, 6) is -0.871. The zero-order valence-corrected chi connectivity index (χ0v) is 24.7. The molecule has 1 atom stereocenters. The summed E-state index contributed by atoms with van der Waals surface area (Å²) < 4.78 is 28.7. The van der Waals surface area contributed by atoms with Gasteiger partial charge < -0.3 is 10.2 Å². The van der Waals surface area contributed by atoms with Crippen LogP contribution >= 0.6 is 23.2 Å². The Kier molecular flexibility index (Phi) is 10.4. The number of carbonyl (C=O) groups excluding carboxylic acids is 2. The Morgan fingerprint density at radius 1 is 0.949 bits per heavy atom. The van der Waals surface area contributed by atoms with E-state index in [1.807, 2.05) is 52.0 Å². The minimum Gasteiger partial charge on any atom is -0.352 e. The van der Waals surface area contributed by atoms with Crippen LogP contribution in [0, 0.1) is 6.92 Å². The topological polar surface area (TPSA) is 86.8 Å². The van der Waals surface area contributed by atoms with Crippen molar-refractivity contribution >= 4 is 50.7 Å². The fraction of sp³-hybridized carbons (Fsp3) is 0.310. The van der Waals surface area contributed by atoms with Crippen LogP contribution in [0.15, 0.2) is 77.7 Å². The normalized spacial score (nSPS) is 12.2. The molecule has 0 spiro atoms. The molecular weight excluding hydrogens is 557 g/mol. The Labute approximate surface area is 240 Å². The maximum Gasteiger partial charge on any atom is 0.264 e. The van der Waals surface area contributed by atoms with Crippen molar-refractivity contribution in [3.63, 3.8) is 0 Å². The van der Waals surface area contributed by atoms with Crippen LogP contribution in [0.1, 0.15) is 38.3 Å². The van der Waals surface area contributed by atoms with E-state index >= 15 is 0 Å². The van der Waals surface area contributed by atoms with E-state index in [-0.39, 0.29) is 39.1 Å². The number of nitrogens with one attached hydrogen (secondary N) is 1. The molecule has 0 aliphatic carbocycles. The molecule has 0 heterocycles. The van der Waals surface area contributed by atoms with Gasteiger partial charge in [-0.05, 0) is 57.0 Å². The summed E-state index contributed by atoms with van der Waals surface area (Å²) >= 11 is 12.7. The van der Waals surface area contributed by atoms with Gasteiger partial charge in [0.2, 0.25) is 11.8 Å². The third-order valence-electron chi connectivity index (χ3n) is 6.06. The molecule has 0 saturated carbocycles. The first-order valence-corrected chi connectivity index (χ1v) is 14.8. The van der Waals surface area contributed by atoms with E-state index in [0.717, 1.165) is 15.4 Å². The third-order valence-corrected chi connectivity index (χ3v) is 8.65. The molecule has 1 N–H and O–H groups in total. The van der Waals surface area contributed by atoms with Crippen LogP contribution in [0.2, 0.25) is 10.0 Å². The molecule has 2 amide bonds. The Morgan fingerprint density at radius 3 is 2.23 bits per heavy atom. The average molecular weight is 591 g/mol. The quantitative estimate of drug-likeness (QED) is 0.305. The van der Waals surface area contributed by atoms with Crippen LogP contribution in [0.25, 0.3) is 0 Å². The molecule has 0 saturated heterocycles. The molecule has 208 valence electrons. The maximum absolute atomic E-state index is 14.0. The number of sulfonamides is 1. The first-order valence-electron chi connectivity index (χ1n) is 12.6. The predicted octanol–water partition coefficient (Wildman–Crippen LogP) is 5.83. The number of hydrogen-bond donors (Lipinski definition) is 1. The number of halogens is 2. The minimum absolute atomic E-state index is 0.00120. The number of hydrogen-bond acceptors (Lipinski definition) is 4. The highest BCUT2D eigenvalue weighted by Crippen LogP contribution is 2.35. The SMILES string of the molecule is CC[C@H](C(=O)NC(C)C)N(Cc1cccc(C)c1)C(=O)CN(c1cccc(Cl)c1Cl)S(=O)(=O)c1ccccc1. The molecule has 39 heavy (non-hydrogen) atoms. The Hall–Kier alpha value is -3.07. The summed E-state index contributed by atoms with van der Waals surface area (Å²) in [6, 6.07) is 19.0. The number of aryl methyl sites for hydroxylation is 1. The summed E-state index contributed by atoms with van der Waals surface area (Å²) in [4.78, 5) is 28.6. The molecule has 10 heteroatoms. The Bertz CT molecular complexity index is 1420. The van der Waals surface area contributed by atoms with E-state index in [1.54, 1.807) is 24.3 Å². The van der Waals surface area contributed by atoms with E-state index < -0.39 is 28.5 Å². The van der Waals surface area contributed by atoms with Gasteiger partial charge in [-0.25, -0.2) is 8.42 Å². The lowest BCUT2D eigenvalue weighted by Crippen LogP contribution is -2.53. The number of carbonyl (C=O) groups is 2. The summed E-state index contributed by atoms with van der Waals surface area (Å²) in [6.45, 7) is 6.96. The molecule has 3 rings (SSSR count). The zero-order chi connectivity index (χ0) is 28.7. The average Bonchev–Trinajstić information content (AvgIpc) is 2.89. The molecule has 0 aromatic heterocycles. The number of benzene rings is 3. The Morgan fingerprint density at radius 2 is 1.62 bits per heavy atom. The molecule has 3 aromatic rings. The van der Waals surface area contributed by atoms with Gasteiger partial charge in [0.1, 0.15) is 12.6 Å². The summed E-state index contributed by atoms with van der Waals surface area (Å²) in [5.41, 5.74) is 1.88. The third kappa shape index (κ3) is 7.53. The second kappa shape index (κ2) is 13.3. The van der Waals surface area contributed by atoms with Crippen molar-refractivity contribution in [3.05, 3.63) is 94.0 Å². The highest BCUT2D eigenvalue weighted by Gasteiger charge is 2.34. The molecule has 0 aliphatic rings. The number of rotatable bonds is 11. The predicted molar refractivity (Wildman–Crippen MR) is 157 cm³/mol. The van der Waals surface area contributed by atoms with Gasteiger partial charge in [0.15, 0.2) is 0 Å². The van der Waals surface area contributed by atoms with Gasteiger partial charge in [0, 0.05) is 12.6 Å². The first-order chi connectivity index (χ1) is 18.4. The van der Waals surface area contributed by atoms with Crippen molar-refractivity contribution in [3.8, 4) is 0 Å². The van der Waals surface area contributed by atoms with E-state index in [1.165, 1.54) is 29.2 Å². The van der Waals surface area contributed by atoms with Crippen molar-refractivity contribution in [1.82, 2.24) is 10.2 Å². The largest absolute Gasteiger partial charge is 0.352 e. The molecule has 3 aromatic carbocycles. The second-order valence-corrected chi connectivity index (χ2v) is 12.1. The summed E-state index contributed by atoms with van der Waals surface area (Å²) in [7, 11) is -4.23. The van der Waals surface area contributed by atoms with Crippen molar-refractivity contribution in [1.29, 1.82) is 0 Å². The van der Waals surface area contributed by atoms with E-state index in [2.05, 4.69) is 5.32 Å². The highest BCUT2D eigenvalue weighted by molar-refractivity contribution is 7.92. The lowest BCUT2D eigenvalue weighted by Gasteiger charge is -2.33. The highest BCUT2D eigenvalue weighted by atomic mass is 35.5. The van der Waals surface area contributed by atoms with Gasteiger partial charge in [-0.3, -0.25) is 13.9 Å². The van der Waals surface area contributed by atoms with Gasteiger partial charge in [-0.1, -0.05) is 84.2 Å². The van der Waals surface area contributed by atoms with Crippen LogP contribution in [-0.2, 0) is 26.2 Å². The first kappa shape index (κ1) is 30.5. The lowest BCUT2D eigenvalue weighted by molar-refractivity contribution is -0.140. The van der Waals surface area contributed by atoms with E-state index in [0.29, 0.717) is 6.42 Å². The second-order valence-electron chi connectivity index (χ2n) is 9.50. The molecule has 0 aliphatic heterocycles. The smallest absolute Gasteiger partial charge is 0.264 e. The summed E-state index contributed by atoms with van der Waals surface area (Å²) in [6.07, 6.45) is 0.333. The van der Waals surface area contributed by atoms with Crippen LogP contribution < -0.4 is 9.62 Å². The number of nitrogens with zero attached hydrogens (tertiary/aromatic N) is 2. The van der Waals surface area contributed by atoms with Gasteiger partial charge in [0.05, 0.1) is 20.6 Å². The fourth-order valence-corrected chi connectivity index (χ4v) is 6.12. The van der Waals surface area contributed by atoms with Gasteiger partial charge in [-0.15, -0.1) is 0 Å². The lowest BCUT2D eigenvalue weighted by atomic mass is 10.1. The standard InChI is InChI=1S/C29H33Cl2N3O4S/c1-5-25(29(36)32-20(2)3)33(18-22-12-9-11-21(4)17-22)27(35)19-34(26-16-10-15-24(30)28(26)31)39(37,38)23-13-7-6-8-14-23/h6-17,20,25H,5,18-19H2,1-4H3,(H,32,36)/t25-/m1/s1. The van der Waals surface area contributed by atoms with Crippen LogP contribution in [0.5, 0.6) is 0 Å². The fourth-order valence-electron chi connectivity index (χ4n) is 4.23. The Balaban J connectivity index is 2.10. The van der Waals surface area contributed by atoms with Gasteiger partial charge in [0.25, 0.3) is 10.0 Å². The van der Waals surface area contributed by atoms with E-state index in [9.17, 15) is 18.0 Å². The molecule has 0 unspecified atom stereocenters. The van der Waals surface area contributed by atoms with Crippen molar-refractivity contribution in [2.24, 2.45) is 0 Å². The molecule has 0 radical (unpaired) electrons. The van der Waals surface area contributed by atoms with Gasteiger partial charge in [-0.2, -0.15) is 0 Å². The van der Waals surface area contributed by atoms with Crippen molar-refractivity contribution < 1.29 is 18.0 Å². The molecule has 7 nitrogen and oxygen atoms in total. The van der Waals surface area contributed by atoms with Crippen LogP contribution in [0.3, 0.4) is 0 Å². The van der Waals surface area contributed by atoms with Crippen LogP contribution in [0.4, 0.5) is 5.69 Å². The van der Waals surface area contributed by atoms with Crippen molar-refractivity contribution in [2.75, 3.05) is 10.8 Å². The molecule has 0 fully saturated rings. The van der Waals surface area contributed by atoms with E-state index in [4.69, 9.17) is 23.2 Å². The number of amides is 2.